The number of benzene rings is 1. The summed E-state index contributed by atoms with van der Waals surface area (Å²) in [5.74, 6) is -1.32. The van der Waals surface area contributed by atoms with Crippen LogP contribution in [-0.4, -0.2) is 11.5 Å². The highest BCUT2D eigenvalue weighted by Crippen LogP contribution is 2.25. The summed E-state index contributed by atoms with van der Waals surface area (Å²) >= 11 is 6.05. The summed E-state index contributed by atoms with van der Waals surface area (Å²) in [7, 11) is 0. The average molecular weight is 313 g/mol. The first-order chi connectivity index (χ1) is 10.1. The van der Waals surface area contributed by atoms with Gasteiger partial charge in [0.1, 0.15) is 5.82 Å². The van der Waals surface area contributed by atoms with Crippen LogP contribution in [0.2, 0.25) is 5.02 Å². The van der Waals surface area contributed by atoms with Crippen LogP contribution >= 0.6 is 11.6 Å². The Morgan fingerprint density at radius 3 is 2.76 bits per heavy atom. The lowest BCUT2D eigenvalue weighted by molar-refractivity contribution is 0.421. The first-order valence-electron chi connectivity index (χ1n) is 6.59. The summed E-state index contributed by atoms with van der Waals surface area (Å²) in [5, 5.41) is 3.68. The molecule has 0 bridgehead atoms. The Kier molecular flexibility index (Phi) is 5.47. The van der Waals surface area contributed by atoms with E-state index in [1.165, 1.54) is 12.1 Å². The van der Waals surface area contributed by atoms with E-state index in [-0.39, 0.29) is 11.6 Å². The van der Waals surface area contributed by atoms with E-state index in [2.05, 4.69) is 17.2 Å². The van der Waals surface area contributed by atoms with E-state index >= 15 is 0 Å². The van der Waals surface area contributed by atoms with Gasteiger partial charge in [0.15, 0.2) is 11.6 Å². The van der Waals surface area contributed by atoms with E-state index in [0.29, 0.717) is 17.3 Å². The van der Waals surface area contributed by atoms with Gasteiger partial charge in [0, 0.05) is 18.7 Å². The molecule has 0 aliphatic carbocycles. The Balaban J connectivity index is 2.14. The van der Waals surface area contributed by atoms with Crippen molar-refractivity contribution in [3.8, 4) is 11.6 Å². The molecule has 0 radical (unpaired) electrons. The molecule has 0 amide bonds. The molecule has 2 aromatic rings. The topological polar surface area (TPSA) is 34.2 Å². The maximum Gasteiger partial charge on any atom is 0.219 e. The van der Waals surface area contributed by atoms with Gasteiger partial charge in [-0.05, 0) is 31.2 Å². The van der Waals surface area contributed by atoms with Gasteiger partial charge in [-0.2, -0.15) is 0 Å². The van der Waals surface area contributed by atoms with Gasteiger partial charge in [-0.1, -0.05) is 18.5 Å². The minimum atomic E-state index is -0.780. The predicted molar refractivity (Wildman–Crippen MR) is 77.7 cm³/mol. The van der Waals surface area contributed by atoms with Crippen LogP contribution in [0.4, 0.5) is 8.78 Å². The second-order valence-electron chi connectivity index (χ2n) is 4.43. The van der Waals surface area contributed by atoms with Crippen molar-refractivity contribution in [2.75, 3.05) is 6.54 Å². The SMILES string of the molecule is CCCNCc1nc(Oc2ccc(F)cc2F)ccc1Cl. The third kappa shape index (κ3) is 4.37. The number of nitrogens with zero attached hydrogens (tertiary/aromatic N) is 1. The highest BCUT2D eigenvalue weighted by Gasteiger charge is 2.09. The number of hydrogen-bond donors (Lipinski definition) is 1. The van der Waals surface area contributed by atoms with Crippen molar-refractivity contribution in [3.05, 3.63) is 52.7 Å². The maximum atomic E-state index is 13.5. The summed E-state index contributed by atoms with van der Waals surface area (Å²) in [6.07, 6.45) is 0.995. The summed E-state index contributed by atoms with van der Waals surface area (Å²) in [6, 6.07) is 6.27. The van der Waals surface area contributed by atoms with Gasteiger partial charge in [-0.3, -0.25) is 0 Å². The predicted octanol–water partition coefficient (Wildman–Crippen LogP) is 4.31. The average Bonchev–Trinajstić information content (AvgIpc) is 2.45. The summed E-state index contributed by atoms with van der Waals surface area (Å²) in [6.45, 7) is 3.39. The molecular formula is C15H15ClF2N2O. The second kappa shape index (κ2) is 7.33. The number of halogens is 3. The zero-order chi connectivity index (χ0) is 15.2. The first-order valence-corrected chi connectivity index (χ1v) is 6.97. The van der Waals surface area contributed by atoms with Gasteiger partial charge < -0.3 is 10.1 Å². The molecule has 0 aliphatic rings. The minimum Gasteiger partial charge on any atom is -0.436 e. The molecule has 3 nitrogen and oxygen atoms in total. The van der Waals surface area contributed by atoms with Crippen LogP contribution in [0.5, 0.6) is 11.6 Å². The standard InChI is InChI=1S/C15H15ClF2N2O/c1-2-7-19-9-13-11(16)4-6-15(20-13)21-14-5-3-10(17)8-12(14)18/h3-6,8,19H,2,7,9H2,1H3. The Bertz CT molecular complexity index is 623. The number of hydrogen-bond acceptors (Lipinski definition) is 3. The lowest BCUT2D eigenvalue weighted by Gasteiger charge is -2.09. The van der Waals surface area contributed by atoms with Crippen molar-refractivity contribution in [2.45, 2.75) is 19.9 Å². The number of nitrogens with one attached hydrogen (secondary N) is 1. The molecule has 1 N–H and O–H groups in total. The second-order valence-corrected chi connectivity index (χ2v) is 4.84. The smallest absolute Gasteiger partial charge is 0.219 e. The van der Waals surface area contributed by atoms with Gasteiger partial charge >= 0.3 is 0 Å². The molecule has 6 heteroatoms. The van der Waals surface area contributed by atoms with Crippen LogP contribution in [0.1, 0.15) is 19.0 Å². The van der Waals surface area contributed by atoms with Crippen LogP contribution < -0.4 is 10.1 Å². The molecule has 0 atom stereocenters. The van der Waals surface area contributed by atoms with E-state index in [1.807, 2.05) is 0 Å². The van der Waals surface area contributed by atoms with E-state index in [4.69, 9.17) is 16.3 Å². The van der Waals surface area contributed by atoms with Gasteiger partial charge in [-0.15, -0.1) is 0 Å². The Labute approximate surface area is 126 Å². The van der Waals surface area contributed by atoms with Crippen molar-refractivity contribution in [1.82, 2.24) is 10.3 Å². The molecule has 1 aromatic heterocycles. The molecule has 0 unspecified atom stereocenters. The molecule has 0 aliphatic heterocycles. The van der Waals surface area contributed by atoms with Gasteiger partial charge in [0.05, 0.1) is 10.7 Å². The van der Waals surface area contributed by atoms with E-state index < -0.39 is 11.6 Å². The zero-order valence-corrected chi connectivity index (χ0v) is 12.3. The Morgan fingerprint density at radius 2 is 2.05 bits per heavy atom. The lowest BCUT2D eigenvalue weighted by atomic mass is 10.3. The van der Waals surface area contributed by atoms with Gasteiger partial charge in [0.2, 0.25) is 5.88 Å². The largest absolute Gasteiger partial charge is 0.436 e. The molecule has 1 aromatic carbocycles. The van der Waals surface area contributed by atoms with Gasteiger partial charge in [0.25, 0.3) is 0 Å². The number of aromatic nitrogens is 1. The molecule has 2 rings (SSSR count). The molecule has 0 spiro atoms. The Hall–Kier alpha value is -1.72. The van der Waals surface area contributed by atoms with Crippen LogP contribution in [0.3, 0.4) is 0 Å². The van der Waals surface area contributed by atoms with Crippen molar-refractivity contribution in [3.63, 3.8) is 0 Å². The third-order valence-corrected chi connectivity index (χ3v) is 3.06. The fourth-order valence-electron chi connectivity index (χ4n) is 1.70. The van der Waals surface area contributed by atoms with E-state index in [9.17, 15) is 8.78 Å². The summed E-state index contributed by atoms with van der Waals surface area (Å²) in [4.78, 5) is 4.23. The van der Waals surface area contributed by atoms with Gasteiger partial charge in [-0.25, -0.2) is 13.8 Å². The van der Waals surface area contributed by atoms with E-state index in [0.717, 1.165) is 25.1 Å². The fraction of sp³-hybridized carbons (Fsp3) is 0.267. The summed E-state index contributed by atoms with van der Waals surface area (Å²) in [5.41, 5.74) is 0.616. The molecule has 0 saturated carbocycles. The first kappa shape index (κ1) is 15.7. The lowest BCUT2D eigenvalue weighted by Crippen LogP contribution is -2.15. The van der Waals surface area contributed by atoms with Crippen molar-refractivity contribution < 1.29 is 13.5 Å². The number of pyridine rings is 1. The molecular weight excluding hydrogens is 298 g/mol. The normalized spacial score (nSPS) is 10.7. The monoisotopic (exact) mass is 312 g/mol. The highest BCUT2D eigenvalue weighted by molar-refractivity contribution is 6.31. The fourth-order valence-corrected chi connectivity index (χ4v) is 1.87. The van der Waals surface area contributed by atoms with E-state index in [1.54, 1.807) is 6.07 Å². The van der Waals surface area contributed by atoms with Crippen molar-refractivity contribution in [1.29, 1.82) is 0 Å². The molecule has 21 heavy (non-hydrogen) atoms. The zero-order valence-electron chi connectivity index (χ0n) is 11.5. The number of rotatable bonds is 6. The van der Waals surface area contributed by atoms with Crippen LogP contribution in [-0.2, 0) is 6.54 Å². The molecule has 0 saturated heterocycles. The Morgan fingerprint density at radius 1 is 1.24 bits per heavy atom. The molecule has 0 fully saturated rings. The number of ether oxygens (including phenoxy) is 1. The van der Waals surface area contributed by atoms with Crippen LogP contribution in [0.15, 0.2) is 30.3 Å². The highest BCUT2D eigenvalue weighted by atomic mass is 35.5. The third-order valence-electron chi connectivity index (χ3n) is 2.72. The molecule has 112 valence electrons. The van der Waals surface area contributed by atoms with Crippen molar-refractivity contribution >= 4 is 11.6 Å². The minimum absolute atomic E-state index is 0.0845. The quantitative estimate of drug-likeness (QED) is 0.807. The maximum absolute atomic E-state index is 13.5. The summed E-state index contributed by atoms with van der Waals surface area (Å²) < 4.78 is 31.7. The van der Waals surface area contributed by atoms with Crippen molar-refractivity contribution in [2.24, 2.45) is 0 Å². The van der Waals surface area contributed by atoms with Crippen LogP contribution in [0.25, 0.3) is 0 Å². The van der Waals surface area contributed by atoms with Crippen LogP contribution in [0, 0.1) is 11.6 Å². The molecule has 1 heterocycles.